The minimum Gasteiger partial charge on any atom is -0.497 e. The number of ether oxygens (including phenoxy) is 2. The third-order valence-corrected chi connectivity index (χ3v) is 4.58. The first kappa shape index (κ1) is 20.1. The Morgan fingerprint density at radius 3 is 2.32 bits per heavy atom. The molecule has 1 amide bonds. The minimum absolute atomic E-state index is 0.185. The van der Waals surface area contributed by atoms with E-state index >= 15 is 0 Å². The quantitative estimate of drug-likeness (QED) is 0.504. The summed E-state index contributed by atoms with van der Waals surface area (Å²) >= 11 is 0. The highest BCUT2D eigenvalue weighted by Crippen LogP contribution is 2.27. The van der Waals surface area contributed by atoms with Crippen LogP contribution in [-0.2, 0) is 0 Å². The molecule has 0 fully saturated rings. The second-order valence-corrected chi connectivity index (χ2v) is 6.60. The Bertz CT molecular complexity index is 1190. The van der Waals surface area contributed by atoms with Gasteiger partial charge in [-0.2, -0.15) is 5.10 Å². The van der Waals surface area contributed by atoms with Gasteiger partial charge in [-0.15, -0.1) is 0 Å². The minimum atomic E-state index is -0.415. The first-order valence-corrected chi connectivity index (χ1v) is 9.38. The Balaban J connectivity index is 1.72. The number of anilines is 1. The Morgan fingerprint density at radius 1 is 1.00 bits per heavy atom. The highest BCUT2D eigenvalue weighted by Gasteiger charge is 2.18. The zero-order valence-corrected chi connectivity index (χ0v) is 16.9. The highest BCUT2D eigenvalue weighted by molar-refractivity contribution is 6.03. The Morgan fingerprint density at radius 2 is 1.71 bits per heavy atom. The molecule has 31 heavy (non-hydrogen) atoms. The monoisotopic (exact) mass is 418 g/mol. The molecule has 0 saturated carbocycles. The number of methoxy groups -OCH3 is 2. The molecular formula is C23H19FN4O3. The summed E-state index contributed by atoms with van der Waals surface area (Å²) in [4.78, 5) is 17.1. The fourth-order valence-electron chi connectivity index (χ4n) is 3.07. The molecule has 0 aliphatic heterocycles. The summed E-state index contributed by atoms with van der Waals surface area (Å²) in [6.07, 6.45) is 3.33. The summed E-state index contributed by atoms with van der Waals surface area (Å²) < 4.78 is 25.5. The highest BCUT2D eigenvalue weighted by atomic mass is 19.1. The number of nitrogens with one attached hydrogen (secondary N) is 1. The smallest absolute Gasteiger partial charge is 0.276 e. The number of carbonyl (C=O) groups is 1. The van der Waals surface area contributed by atoms with Gasteiger partial charge >= 0.3 is 0 Å². The van der Waals surface area contributed by atoms with Gasteiger partial charge in [0.25, 0.3) is 5.91 Å². The maximum absolute atomic E-state index is 13.4. The van der Waals surface area contributed by atoms with Crippen LogP contribution in [0.1, 0.15) is 10.5 Å². The Labute approximate surface area is 178 Å². The molecule has 0 aliphatic carbocycles. The van der Waals surface area contributed by atoms with Crippen molar-refractivity contribution in [1.29, 1.82) is 0 Å². The number of amides is 1. The van der Waals surface area contributed by atoms with Crippen molar-refractivity contribution in [1.82, 2.24) is 14.8 Å². The molecule has 7 nitrogen and oxygen atoms in total. The van der Waals surface area contributed by atoms with Gasteiger partial charge in [0.15, 0.2) is 5.69 Å². The predicted molar refractivity (Wildman–Crippen MR) is 114 cm³/mol. The van der Waals surface area contributed by atoms with Gasteiger partial charge in [-0.25, -0.2) is 9.07 Å². The first-order chi connectivity index (χ1) is 15.1. The van der Waals surface area contributed by atoms with Crippen LogP contribution in [0, 0.1) is 5.82 Å². The Hall–Kier alpha value is -4.20. The van der Waals surface area contributed by atoms with Crippen LogP contribution in [0.5, 0.6) is 11.5 Å². The molecular weight excluding hydrogens is 399 g/mol. The van der Waals surface area contributed by atoms with E-state index in [2.05, 4.69) is 15.4 Å². The van der Waals surface area contributed by atoms with Crippen LogP contribution in [0.4, 0.5) is 10.1 Å². The van der Waals surface area contributed by atoms with E-state index < -0.39 is 5.91 Å². The topological polar surface area (TPSA) is 78.3 Å². The molecule has 8 heteroatoms. The molecule has 0 radical (unpaired) electrons. The third kappa shape index (κ3) is 4.37. The lowest BCUT2D eigenvalue weighted by atomic mass is 10.2. The zero-order valence-electron chi connectivity index (χ0n) is 16.9. The van der Waals surface area contributed by atoms with E-state index in [-0.39, 0.29) is 11.5 Å². The van der Waals surface area contributed by atoms with Gasteiger partial charge in [-0.1, -0.05) is 0 Å². The van der Waals surface area contributed by atoms with Crippen molar-refractivity contribution in [2.45, 2.75) is 0 Å². The number of hydrogen-bond acceptors (Lipinski definition) is 5. The van der Waals surface area contributed by atoms with E-state index in [1.165, 1.54) is 26.4 Å². The van der Waals surface area contributed by atoms with Gasteiger partial charge in [0.2, 0.25) is 0 Å². The second kappa shape index (κ2) is 8.66. The van der Waals surface area contributed by atoms with Crippen LogP contribution >= 0.6 is 0 Å². The lowest BCUT2D eigenvalue weighted by molar-refractivity contribution is 0.102. The lowest BCUT2D eigenvalue weighted by Gasteiger charge is -2.09. The largest absolute Gasteiger partial charge is 0.497 e. The number of hydrogen-bond donors (Lipinski definition) is 1. The van der Waals surface area contributed by atoms with Crippen molar-refractivity contribution >= 4 is 11.6 Å². The van der Waals surface area contributed by atoms with Crippen LogP contribution < -0.4 is 14.8 Å². The molecule has 4 rings (SSSR count). The summed E-state index contributed by atoms with van der Waals surface area (Å²) in [6, 6.07) is 16.2. The van der Waals surface area contributed by atoms with Gasteiger partial charge in [-0.05, 0) is 42.5 Å². The average Bonchev–Trinajstić information content (AvgIpc) is 3.25. The molecule has 4 aromatic rings. The molecule has 2 aromatic heterocycles. The summed E-state index contributed by atoms with van der Waals surface area (Å²) in [7, 11) is 3.07. The fraction of sp³-hybridized carbons (Fsp3) is 0.0870. The Kier molecular flexibility index (Phi) is 5.61. The van der Waals surface area contributed by atoms with E-state index in [1.807, 2.05) is 6.07 Å². The van der Waals surface area contributed by atoms with Crippen molar-refractivity contribution < 1.29 is 18.7 Å². The van der Waals surface area contributed by atoms with Crippen molar-refractivity contribution in [3.8, 4) is 28.4 Å². The summed E-state index contributed by atoms with van der Waals surface area (Å²) in [5.74, 6) is 0.315. The average molecular weight is 418 g/mol. The number of carbonyl (C=O) groups excluding carboxylic acids is 1. The van der Waals surface area contributed by atoms with Crippen LogP contribution in [0.3, 0.4) is 0 Å². The summed E-state index contributed by atoms with van der Waals surface area (Å²) in [5.41, 5.74) is 2.71. The van der Waals surface area contributed by atoms with Crippen molar-refractivity contribution in [3.63, 3.8) is 0 Å². The molecule has 0 bridgehead atoms. The van der Waals surface area contributed by atoms with E-state index in [9.17, 15) is 9.18 Å². The summed E-state index contributed by atoms with van der Waals surface area (Å²) in [5, 5.41) is 7.27. The lowest BCUT2D eigenvalue weighted by Crippen LogP contribution is -2.13. The first-order valence-electron chi connectivity index (χ1n) is 9.38. The standard InChI is InChI=1S/C23H19FN4O3/c1-30-19-10-17(11-20(12-19)31-2)26-23(29)21-13-22(15-4-3-9-25-14-15)28(27-21)18-7-5-16(24)6-8-18/h3-14H,1-2H3,(H,26,29). The second-order valence-electron chi connectivity index (χ2n) is 6.60. The molecule has 1 N–H and O–H groups in total. The number of benzene rings is 2. The van der Waals surface area contributed by atoms with E-state index in [1.54, 1.807) is 59.5 Å². The van der Waals surface area contributed by atoms with Gasteiger partial charge in [0, 0.05) is 41.8 Å². The van der Waals surface area contributed by atoms with E-state index in [0.717, 1.165) is 5.56 Å². The third-order valence-electron chi connectivity index (χ3n) is 4.58. The number of nitrogens with zero attached hydrogens (tertiary/aromatic N) is 3. The maximum atomic E-state index is 13.4. The fourth-order valence-corrected chi connectivity index (χ4v) is 3.07. The predicted octanol–water partition coefficient (Wildman–Crippen LogP) is 4.34. The molecule has 0 saturated heterocycles. The SMILES string of the molecule is COc1cc(NC(=O)c2cc(-c3cccnc3)n(-c3ccc(F)cc3)n2)cc(OC)c1. The molecule has 156 valence electrons. The van der Waals surface area contributed by atoms with Crippen LogP contribution in [0.2, 0.25) is 0 Å². The molecule has 2 heterocycles. The normalized spacial score (nSPS) is 10.5. The van der Waals surface area contributed by atoms with Gasteiger partial charge < -0.3 is 14.8 Å². The van der Waals surface area contributed by atoms with Crippen LogP contribution in [-0.4, -0.2) is 34.9 Å². The molecule has 0 unspecified atom stereocenters. The molecule has 0 atom stereocenters. The van der Waals surface area contributed by atoms with E-state index in [0.29, 0.717) is 28.6 Å². The van der Waals surface area contributed by atoms with Crippen LogP contribution in [0.15, 0.2) is 73.1 Å². The van der Waals surface area contributed by atoms with Crippen LogP contribution in [0.25, 0.3) is 16.9 Å². The van der Waals surface area contributed by atoms with Gasteiger partial charge in [0.05, 0.1) is 25.6 Å². The number of rotatable bonds is 6. The van der Waals surface area contributed by atoms with Gasteiger partial charge in [-0.3, -0.25) is 9.78 Å². The molecule has 0 aliphatic rings. The number of halogens is 1. The molecule has 0 spiro atoms. The summed E-state index contributed by atoms with van der Waals surface area (Å²) in [6.45, 7) is 0. The number of pyridine rings is 1. The molecule has 2 aromatic carbocycles. The van der Waals surface area contributed by atoms with Crippen molar-refractivity contribution in [3.05, 3.63) is 84.6 Å². The maximum Gasteiger partial charge on any atom is 0.276 e. The van der Waals surface area contributed by atoms with Gasteiger partial charge in [0.1, 0.15) is 17.3 Å². The van der Waals surface area contributed by atoms with E-state index in [4.69, 9.17) is 9.47 Å². The van der Waals surface area contributed by atoms with Crippen molar-refractivity contribution in [2.75, 3.05) is 19.5 Å². The zero-order chi connectivity index (χ0) is 21.8. The number of aromatic nitrogens is 3. The van der Waals surface area contributed by atoms with Crippen molar-refractivity contribution in [2.24, 2.45) is 0 Å².